The summed E-state index contributed by atoms with van der Waals surface area (Å²) in [6, 6.07) is 7.12. The van der Waals surface area contributed by atoms with Gasteiger partial charge in [-0.05, 0) is 38.1 Å². The van der Waals surface area contributed by atoms with Crippen LogP contribution in [0.25, 0.3) is 11.4 Å². The fraction of sp³-hybridized carbons (Fsp3) is 0.471. The first-order chi connectivity index (χ1) is 11.6. The molecule has 2 atom stereocenters. The van der Waals surface area contributed by atoms with Crippen molar-refractivity contribution >= 4 is 5.91 Å². The molecule has 0 spiro atoms. The number of nitrogens with zero attached hydrogens (tertiary/aromatic N) is 2. The summed E-state index contributed by atoms with van der Waals surface area (Å²) < 4.78 is 10.6. The number of aromatic nitrogens is 2. The summed E-state index contributed by atoms with van der Waals surface area (Å²) in [6.07, 6.45) is 0. The lowest BCUT2D eigenvalue weighted by molar-refractivity contribution is -0.127. The maximum absolute atomic E-state index is 12.3. The molecule has 0 aliphatic carbocycles. The molecule has 1 amide bonds. The first kappa shape index (κ1) is 16.4. The monoisotopic (exact) mass is 330 g/mol. The van der Waals surface area contributed by atoms with Gasteiger partial charge in [0, 0.05) is 5.92 Å². The number of methoxy groups -OCH3 is 1. The highest BCUT2D eigenvalue weighted by Gasteiger charge is 2.30. The van der Waals surface area contributed by atoms with Crippen molar-refractivity contribution < 1.29 is 14.1 Å². The molecule has 0 radical (unpaired) electrons. The number of hydrogen-bond donors (Lipinski definition) is 2. The van der Waals surface area contributed by atoms with E-state index in [0.717, 1.165) is 18.7 Å². The van der Waals surface area contributed by atoms with Gasteiger partial charge in [0.15, 0.2) is 0 Å². The van der Waals surface area contributed by atoms with Crippen LogP contribution in [-0.2, 0) is 4.79 Å². The van der Waals surface area contributed by atoms with Gasteiger partial charge in [-0.1, -0.05) is 24.2 Å². The van der Waals surface area contributed by atoms with E-state index in [1.165, 1.54) is 0 Å². The quantitative estimate of drug-likeness (QED) is 0.839. The van der Waals surface area contributed by atoms with E-state index >= 15 is 0 Å². The van der Waals surface area contributed by atoms with E-state index < -0.39 is 0 Å². The summed E-state index contributed by atoms with van der Waals surface area (Å²) >= 11 is 0. The van der Waals surface area contributed by atoms with Crippen LogP contribution in [0.1, 0.15) is 25.8 Å². The minimum atomic E-state index is -0.344. The first-order valence-electron chi connectivity index (χ1n) is 8.08. The molecular weight excluding hydrogens is 308 g/mol. The van der Waals surface area contributed by atoms with Crippen LogP contribution in [0.15, 0.2) is 28.8 Å². The molecule has 1 aromatic carbocycles. The number of nitrogens with one attached hydrogen (secondary N) is 2. The molecule has 7 nitrogen and oxygen atoms in total. The zero-order chi connectivity index (χ0) is 17.1. The van der Waals surface area contributed by atoms with Gasteiger partial charge in [-0.25, -0.2) is 0 Å². The van der Waals surface area contributed by atoms with Crippen LogP contribution < -0.4 is 15.4 Å². The van der Waals surface area contributed by atoms with Crippen molar-refractivity contribution in [2.75, 3.05) is 20.2 Å². The molecular formula is C17H22N4O3. The van der Waals surface area contributed by atoms with Crippen LogP contribution in [0, 0.1) is 11.8 Å². The lowest BCUT2D eigenvalue weighted by Crippen LogP contribution is -2.49. The Labute approximate surface area is 140 Å². The van der Waals surface area contributed by atoms with Gasteiger partial charge in [-0.2, -0.15) is 4.98 Å². The van der Waals surface area contributed by atoms with Crippen LogP contribution in [0.4, 0.5) is 0 Å². The molecule has 1 aliphatic rings. The molecule has 3 rings (SSSR count). The van der Waals surface area contributed by atoms with E-state index in [1.807, 2.05) is 38.1 Å². The van der Waals surface area contributed by atoms with Gasteiger partial charge in [0.25, 0.3) is 0 Å². The second-order valence-electron chi connectivity index (χ2n) is 6.09. The van der Waals surface area contributed by atoms with Gasteiger partial charge < -0.3 is 19.9 Å². The number of amides is 1. The standard InChI is InChI=1S/C17H22N4O3/c1-10(12-8-18-9-12)16(22)19-11(2)17-20-15(21-24-17)13-6-4-5-7-14(13)23-3/h4-7,10-12,18H,8-9H2,1-3H3,(H,19,22). The molecule has 2 heterocycles. The third-order valence-corrected chi connectivity index (χ3v) is 4.45. The summed E-state index contributed by atoms with van der Waals surface area (Å²) in [4.78, 5) is 16.7. The molecule has 0 bridgehead atoms. The highest BCUT2D eigenvalue weighted by Crippen LogP contribution is 2.28. The minimum absolute atomic E-state index is 0.00559. The Bertz CT molecular complexity index is 711. The number of para-hydroxylation sites is 1. The molecule has 2 aromatic rings. The van der Waals surface area contributed by atoms with Crippen LogP contribution >= 0.6 is 0 Å². The Morgan fingerprint density at radius 1 is 1.38 bits per heavy atom. The summed E-state index contributed by atoms with van der Waals surface area (Å²) in [6.45, 7) is 5.56. The van der Waals surface area contributed by atoms with Gasteiger partial charge in [0.05, 0.1) is 12.7 Å². The van der Waals surface area contributed by atoms with Gasteiger partial charge in [0.2, 0.25) is 17.6 Å². The van der Waals surface area contributed by atoms with Crippen molar-refractivity contribution in [3.05, 3.63) is 30.2 Å². The van der Waals surface area contributed by atoms with Crippen molar-refractivity contribution in [1.29, 1.82) is 0 Å². The normalized spacial score (nSPS) is 17.0. The van der Waals surface area contributed by atoms with Crippen molar-refractivity contribution in [2.45, 2.75) is 19.9 Å². The lowest BCUT2D eigenvalue weighted by Gasteiger charge is -2.32. The predicted molar refractivity (Wildman–Crippen MR) is 88.4 cm³/mol. The van der Waals surface area contributed by atoms with Gasteiger partial charge in [-0.3, -0.25) is 4.79 Å². The summed E-state index contributed by atoms with van der Waals surface area (Å²) in [7, 11) is 1.60. The number of carbonyl (C=O) groups excluding carboxylic acids is 1. The maximum atomic E-state index is 12.3. The van der Waals surface area contributed by atoms with Crippen LogP contribution in [-0.4, -0.2) is 36.2 Å². The second-order valence-corrected chi connectivity index (χ2v) is 6.09. The SMILES string of the molecule is COc1ccccc1-c1noc(C(C)NC(=O)C(C)C2CNC2)n1. The van der Waals surface area contributed by atoms with Crippen LogP contribution in [0.5, 0.6) is 5.75 Å². The first-order valence-corrected chi connectivity index (χ1v) is 8.08. The van der Waals surface area contributed by atoms with Crippen LogP contribution in [0.3, 0.4) is 0 Å². The average Bonchev–Trinajstić information content (AvgIpc) is 3.03. The summed E-state index contributed by atoms with van der Waals surface area (Å²) in [5.74, 6) is 1.86. The number of carbonyl (C=O) groups is 1. The number of rotatable bonds is 6. The van der Waals surface area contributed by atoms with E-state index in [1.54, 1.807) is 7.11 Å². The fourth-order valence-corrected chi connectivity index (χ4v) is 2.64. The third kappa shape index (κ3) is 3.26. The Balaban J connectivity index is 1.69. The summed E-state index contributed by atoms with van der Waals surface area (Å²) in [5.41, 5.74) is 0.752. The molecule has 0 saturated carbocycles. The average molecular weight is 330 g/mol. The third-order valence-electron chi connectivity index (χ3n) is 4.45. The van der Waals surface area contributed by atoms with Gasteiger partial charge >= 0.3 is 0 Å². The smallest absolute Gasteiger partial charge is 0.249 e. The summed E-state index contributed by atoms with van der Waals surface area (Å²) in [5, 5.41) is 10.1. The predicted octanol–water partition coefficient (Wildman–Crippen LogP) is 1.78. The maximum Gasteiger partial charge on any atom is 0.249 e. The van der Waals surface area contributed by atoms with E-state index in [4.69, 9.17) is 9.26 Å². The van der Waals surface area contributed by atoms with E-state index in [2.05, 4.69) is 20.8 Å². The Morgan fingerprint density at radius 2 is 2.12 bits per heavy atom. The Morgan fingerprint density at radius 3 is 2.79 bits per heavy atom. The molecule has 24 heavy (non-hydrogen) atoms. The van der Waals surface area contributed by atoms with Crippen molar-refractivity contribution in [2.24, 2.45) is 11.8 Å². The lowest BCUT2D eigenvalue weighted by atomic mass is 9.88. The van der Waals surface area contributed by atoms with Crippen LogP contribution in [0.2, 0.25) is 0 Å². The number of benzene rings is 1. The fourth-order valence-electron chi connectivity index (χ4n) is 2.64. The molecule has 2 N–H and O–H groups in total. The van der Waals surface area contributed by atoms with E-state index in [0.29, 0.717) is 23.4 Å². The minimum Gasteiger partial charge on any atom is -0.496 e. The number of hydrogen-bond acceptors (Lipinski definition) is 6. The molecule has 128 valence electrons. The molecule has 1 aromatic heterocycles. The zero-order valence-electron chi connectivity index (χ0n) is 14.1. The second kappa shape index (κ2) is 7.00. The number of ether oxygens (including phenoxy) is 1. The Hall–Kier alpha value is -2.41. The highest BCUT2D eigenvalue weighted by atomic mass is 16.5. The zero-order valence-corrected chi connectivity index (χ0v) is 14.1. The van der Waals surface area contributed by atoms with Crippen molar-refractivity contribution in [3.63, 3.8) is 0 Å². The molecule has 2 unspecified atom stereocenters. The topological polar surface area (TPSA) is 89.3 Å². The van der Waals surface area contributed by atoms with Gasteiger partial charge in [0.1, 0.15) is 11.8 Å². The molecule has 1 aliphatic heterocycles. The highest BCUT2D eigenvalue weighted by molar-refractivity contribution is 5.79. The largest absolute Gasteiger partial charge is 0.496 e. The van der Waals surface area contributed by atoms with E-state index in [9.17, 15) is 4.79 Å². The Kier molecular flexibility index (Phi) is 4.80. The van der Waals surface area contributed by atoms with Crippen molar-refractivity contribution in [3.8, 4) is 17.1 Å². The molecule has 1 fully saturated rings. The molecule has 1 saturated heterocycles. The van der Waals surface area contributed by atoms with Crippen molar-refractivity contribution in [1.82, 2.24) is 20.8 Å². The van der Waals surface area contributed by atoms with E-state index in [-0.39, 0.29) is 17.9 Å². The molecule has 7 heteroatoms. The van der Waals surface area contributed by atoms with Gasteiger partial charge in [-0.15, -0.1) is 0 Å².